The minimum Gasteiger partial charge on any atom is -0.0879 e. The van der Waals surface area contributed by atoms with Gasteiger partial charge in [0.1, 0.15) is 0 Å². The van der Waals surface area contributed by atoms with Crippen LogP contribution in [0.3, 0.4) is 0 Å². The first-order valence-electron chi connectivity index (χ1n) is 5.82. The van der Waals surface area contributed by atoms with E-state index in [1.807, 2.05) is 0 Å². The molecule has 0 nitrogen and oxygen atoms in total. The maximum atomic E-state index is 2.50. The van der Waals surface area contributed by atoms with Crippen LogP contribution < -0.4 is 0 Å². The van der Waals surface area contributed by atoms with Gasteiger partial charge in [0.05, 0.1) is 0 Å². The van der Waals surface area contributed by atoms with Gasteiger partial charge in [0.2, 0.25) is 0 Å². The van der Waals surface area contributed by atoms with E-state index in [-0.39, 0.29) is 0 Å². The summed E-state index contributed by atoms with van der Waals surface area (Å²) in [6.45, 7) is 0. The second-order valence-electron chi connectivity index (χ2n) is 4.34. The lowest BCUT2D eigenvalue weighted by Gasteiger charge is -2.19. The standard InChI is InChI=1S/C13H20/c1-2-5-9-12(8-4-1)13-10-6-3-7-11-13/h4,8,10,12H,1-3,5-7,9,11H2. The average molecular weight is 176 g/mol. The van der Waals surface area contributed by atoms with E-state index in [0.29, 0.717) is 0 Å². The highest BCUT2D eigenvalue weighted by Crippen LogP contribution is 2.30. The van der Waals surface area contributed by atoms with Crippen LogP contribution in [0.15, 0.2) is 23.8 Å². The molecule has 0 aromatic heterocycles. The third-order valence-corrected chi connectivity index (χ3v) is 3.31. The Labute approximate surface area is 81.7 Å². The van der Waals surface area contributed by atoms with E-state index in [0.717, 1.165) is 5.92 Å². The van der Waals surface area contributed by atoms with Gasteiger partial charge in [0.15, 0.2) is 0 Å². The molecule has 0 radical (unpaired) electrons. The average Bonchev–Trinajstić information content (AvgIpc) is 2.47. The maximum absolute atomic E-state index is 2.50. The molecular weight excluding hydrogens is 156 g/mol. The van der Waals surface area contributed by atoms with E-state index in [2.05, 4.69) is 18.2 Å². The highest BCUT2D eigenvalue weighted by atomic mass is 14.2. The smallest absolute Gasteiger partial charge is 0.00233 e. The van der Waals surface area contributed by atoms with E-state index in [9.17, 15) is 0 Å². The molecule has 0 amide bonds. The van der Waals surface area contributed by atoms with Crippen molar-refractivity contribution in [3.63, 3.8) is 0 Å². The quantitative estimate of drug-likeness (QED) is 0.524. The third-order valence-electron chi connectivity index (χ3n) is 3.31. The van der Waals surface area contributed by atoms with Crippen molar-refractivity contribution in [2.75, 3.05) is 0 Å². The summed E-state index contributed by atoms with van der Waals surface area (Å²) in [7, 11) is 0. The second-order valence-corrected chi connectivity index (χ2v) is 4.34. The second kappa shape index (κ2) is 4.64. The first-order chi connectivity index (χ1) is 6.47. The number of hydrogen-bond donors (Lipinski definition) is 0. The molecular formula is C13H20. The van der Waals surface area contributed by atoms with Crippen LogP contribution >= 0.6 is 0 Å². The van der Waals surface area contributed by atoms with Gasteiger partial charge in [-0.05, 0) is 50.9 Å². The van der Waals surface area contributed by atoms with Crippen LogP contribution in [0.1, 0.15) is 51.4 Å². The lowest BCUT2D eigenvalue weighted by atomic mass is 9.87. The normalized spacial score (nSPS) is 29.5. The van der Waals surface area contributed by atoms with E-state index >= 15 is 0 Å². The molecule has 2 aliphatic rings. The van der Waals surface area contributed by atoms with Gasteiger partial charge in [-0.1, -0.05) is 30.2 Å². The predicted molar refractivity (Wildman–Crippen MR) is 57.6 cm³/mol. The van der Waals surface area contributed by atoms with Crippen molar-refractivity contribution in [2.45, 2.75) is 51.4 Å². The van der Waals surface area contributed by atoms with Crippen LogP contribution in [0.4, 0.5) is 0 Å². The van der Waals surface area contributed by atoms with Crippen molar-refractivity contribution in [3.8, 4) is 0 Å². The molecule has 1 atom stereocenters. The number of rotatable bonds is 1. The Morgan fingerprint density at radius 1 is 1.00 bits per heavy atom. The molecule has 0 aromatic rings. The molecule has 0 aliphatic heterocycles. The molecule has 0 bridgehead atoms. The van der Waals surface area contributed by atoms with Crippen LogP contribution in [0.2, 0.25) is 0 Å². The van der Waals surface area contributed by atoms with Crippen LogP contribution in [0.5, 0.6) is 0 Å². The van der Waals surface area contributed by atoms with E-state index < -0.39 is 0 Å². The molecule has 0 heteroatoms. The Morgan fingerprint density at radius 3 is 2.77 bits per heavy atom. The summed E-state index contributed by atoms with van der Waals surface area (Å²) in [4.78, 5) is 0. The monoisotopic (exact) mass is 176 g/mol. The topological polar surface area (TPSA) is 0 Å². The third kappa shape index (κ3) is 2.46. The fourth-order valence-electron chi connectivity index (χ4n) is 2.49. The molecule has 0 N–H and O–H groups in total. The highest BCUT2D eigenvalue weighted by Gasteiger charge is 2.14. The van der Waals surface area contributed by atoms with E-state index in [4.69, 9.17) is 0 Å². The SMILES string of the molecule is C1=CC(C2=CCCCC2)CCCC1. The highest BCUT2D eigenvalue weighted by molar-refractivity contribution is 5.16. The van der Waals surface area contributed by atoms with Crippen LogP contribution in [0, 0.1) is 5.92 Å². The summed E-state index contributed by atoms with van der Waals surface area (Å²) in [5, 5.41) is 0. The minimum absolute atomic E-state index is 0.808. The Bertz CT molecular complexity index is 210. The van der Waals surface area contributed by atoms with Gasteiger partial charge < -0.3 is 0 Å². The fraction of sp³-hybridized carbons (Fsp3) is 0.692. The van der Waals surface area contributed by atoms with Crippen molar-refractivity contribution in [3.05, 3.63) is 23.8 Å². The Hall–Kier alpha value is -0.520. The lowest BCUT2D eigenvalue weighted by molar-refractivity contribution is 0.571. The molecule has 2 aliphatic carbocycles. The van der Waals surface area contributed by atoms with Gasteiger partial charge in [-0.25, -0.2) is 0 Å². The zero-order valence-corrected chi connectivity index (χ0v) is 8.47. The van der Waals surface area contributed by atoms with Gasteiger partial charge in [-0.3, -0.25) is 0 Å². The van der Waals surface area contributed by atoms with E-state index in [1.54, 1.807) is 5.57 Å². The molecule has 0 aromatic carbocycles. The number of allylic oxidation sites excluding steroid dienone is 4. The molecule has 0 fully saturated rings. The summed E-state index contributed by atoms with van der Waals surface area (Å²) in [6, 6.07) is 0. The Morgan fingerprint density at radius 2 is 1.92 bits per heavy atom. The predicted octanol–water partition coefficient (Wildman–Crippen LogP) is 4.23. The van der Waals surface area contributed by atoms with Gasteiger partial charge in [-0.15, -0.1) is 0 Å². The van der Waals surface area contributed by atoms with Gasteiger partial charge in [-0.2, -0.15) is 0 Å². The van der Waals surface area contributed by atoms with Gasteiger partial charge in [0, 0.05) is 0 Å². The number of hydrogen-bond acceptors (Lipinski definition) is 0. The molecule has 0 spiro atoms. The van der Waals surface area contributed by atoms with Gasteiger partial charge in [0.25, 0.3) is 0 Å². The zero-order valence-electron chi connectivity index (χ0n) is 8.47. The van der Waals surface area contributed by atoms with Crippen molar-refractivity contribution in [2.24, 2.45) is 5.92 Å². The molecule has 72 valence electrons. The first-order valence-corrected chi connectivity index (χ1v) is 5.82. The van der Waals surface area contributed by atoms with Crippen LogP contribution in [-0.4, -0.2) is 0 Å². The zero-order chi connectivity index (χ0) is 8.93. The summed E-state index contributed by atoms with van der Waals surface area (Å²) in [5.41, 5.74) is 1.74. The van der Waals surface area contributed by atoms with Crippen LogP contribution in [-0.2, 0) is 0 Å². The van der Waals surface area contributed by atoms with Gasteiger partial charge >= 0.3 is 0 Å². The summed E-state index contributed by atoms with van der Waals surface area (Å²) in [5.74, 6) is 0.808. The molecule has 0 saturated heterocycles. The largest absolute Gasteiger partial charge is 0.0879 e. The maximum Gasteiger partial charge on any atom is -0.00233 e. The fourth-order valence-corrected chi connectivity index (χ4v) is 2.49. The molecule has 2 rings (SSSR count). The van der Waals surface area contributed by atoms with Crippen molar-refractivity contribution in [1.29, 1.82) is 0 Å². The Kier molecular flexibility index (Phi) is 3.23. The van der Waals surface area contributed by atoms with Crippen molar-refractivity contribution in [1.82, 2.24) is 0 Å². The summed E-state index contributed by atoms with van der Waals surface area (Å²) < 4.78 is 0. The minimum atomic E-state index is 0.808. The van der Waals surface area contributed by atoms with E-state index in [1.165, 1.54) is 51.4 Å². The first kappa shape index (κ1) is 9.05. The Balaban J connectivity index is 2.00. The summed E-state index contributed by atoms with van der Waals surface area (Å²) in [6.07, 6.45) is 18.5. The molecule has 1 unspecified atom stereocenters. The molecule has 13 heavy (non-hydrogen) atoms. The molecule has 0 saturated carbocycles. The molecule has 0 heterocycles. The summed E-state index contributed by atoms with van der Waals surface area (Å²) >= 11 is 0. The lowest BCUT2D eigenvalue weighted by Crippen LogP contribution is -2.03. The van der Waals surface area contributed by atoms with Crippen molar-refractivity contribution < 1.29 is 0 Å². The van der Waals surface area contributed by atoms with Crippen LogP contribution in [0.25, 0.3) is 0 Å². The van der Waals surface area contributed by atoms with Crippen molar-refractivity contribution >= 4 is 0 Å².